The Hall–Kier alpha value is -4.39. The highest BCUT2D eigenvalue weighted by Gasteiger charge is 2.25. The van der Waals surface area contributed by atoms with E-state index in [-0.39, 0.29) is 17.3 Å². The van der Waals surface area contributed by atoms with E-state index in [9.17, 15) is 15.4 Å². The van der Waals surface area contributed by atoms with Crippen molar-refractivity contribution in [2.45, 2.75) is 12.8 Å². The zero-order chi connectivity index (χ0) is 25.7. The number of hydrazine groups is 1. The van der Waals surface area contributed by atoms with Crippen LogP contribution in [0.1, 0.15) is 22.6 Å². The fraction of sp³-hybridized carbons (Fsp3) is 0.0800. The number of nitrogens with one attached hydrogen (secondary N) is 3. The van der Waals surface area contributed by atoms with Crippen molar-refractivity contribution in [3.05, 3.63) is 110 Å². The number of hydrogen-bond acceptors (Lipinski definition) is 8. The summed E-state index contributed by atoms with van der Waals surface area (Å²) in [5, 5.41) is 25.6. The monoisotopic (exact) mass is 519 g/mol. The molecule has 3 aromatic carbocycles. The summed E-state index contributed by atoms with van der Waals surface area (Å²) >= 11 is 12.5. The lowest BCUT2D eigenvalue weighted by molar-refractivity contribution is -0.383. The molecule has 0 aliphatic rings. The van der Waals surface area contributed by atoms with Gasteiger partial charge in [-0.1, -0.05) is 59.6 Å². The van der Waals surface area contributed by atoms with Gasteiger partial charge in [0.05, 0.1) is 22.6 Å². The minimum Gasteiger partial charge on any atom is -0.334 e. The van der Waals surface area contributed by atoms with E-state index in [4.69, 9.17) is 23.2 Å². The van der Waals surface area contributed by atoms with Gasteiger partial charge in [0.2, 0.25) is 11.6 Å². The first-order valence-corrected chi connectivity index (χ1v) is 11.4. The predicted octanol–water partition coefficient (Wildman–Crippen LogP) is 6.84. The largest absolute Gasteiger partial charge is 0.355 e. The maximum atomic E-state index is 11.9. The Morgan fingerprint density at radius 2 is 1.69 bits per heavy atom. The van der Waals surface area contributed by atoms with Crippen LogP contribution in [0.3, 0.4) is 0 Å². The zero-order valence-electron chi connectivity index (χ0n) is 18.9. The number of para-hydroxylation sites is 1. The molecule has 0 saturated carbocycles. The Labute approximate surface area is 216 Å². The number of aryl methyl sites for hydroxylation is 1. The molecule has 11 heteroatoms. The van der Waals surface area contributed by atoms with Gasteiger partial charge in [0.25, 0.3) is 0 Å². The van der Waals surface area contributed by atoms with Crippen LogP contribution >= 0.6 is 23.2 Å². The Balaban J connectivity index is 1.64. The van der Waals surface area contributed by atoms with Crippen LogP contribution in [0, 0.1) is 28.4 Å². The summed E-state index contributed by atoms with van der Waals surface area (Å²) in [6, 6.07) is 21.7. The lowest BCUT2D eigenvalue weighted by atomic mass is 9.91. The molecule has 4 rings (SSSR count). The second-order valence-electron chi connectivity index (χ2n) is 7.72. The molecule has 1 heterocycles. The standard InChI is InChI=1S/C25H19Cl2N7O2/c1-15-11-19(20(13-28)16-7-9-17(26)10-8-16)21(27)12-22(15)31-24-23(34(35)36)25(30-14-29-24)33-32-18-5-3-2-4-6-18/h2-12,14,20,32H,1H3,(H2,29,30,31,33). The third-order valence-electron chi connectivity index (χ3n) is 5.34. The maximum Gasteiger partial charge on any atom is 0.355 e. The van der Waals surface area contributed by atoms with Gasteiger partial charge in [0.1, 0.15) is 6.33 Å². The number of rotatable bonds is 8. The highest BCUT2D eigenvalue weighted by atomic mass is 35.5. The number of nitrogens with zero attached hydrogens (tertiary/aromatic N) is 4. The van der Waals surface area contributed by atoms with Gasteiger partial charge in [-0.3, -0.25) is 21.0 Å². The van der Waals surface area contributed by atoms with Crippen molar-refractivity contribution in [2.24, 2.45) is 0 Å². The summed E-state index contributed by atoms with van der Waals surface area (Å²) < 4.78 is 0. The van der Waals surface area contributed by atoms with Crippen LogP contribution < -0.4 is 16.2 Å². The molecular formula is C25H19Cl2N7O2. The van der Waals surface area contributed by atoms with Gasteiger partial charge >= 0.3 is 5.69 Å². The van der Waals surface area contributed by atoms with Crippen molar-refractivity contribution in [2.75, 3.05) is 16.2 Å². The average Bonchev–Trinajstić information content (AvgIpc) is 2.87. The van der Waals surface area contributed by atoms with Crippen molar-refractivity contribution >= 4 is 51.9 Å². The van der Waals surface area contributed by atoms with Gasteiger partial charge in [-0.05, 0) is 53.9 Å². The Bertz CT molecular complexity index is 1440. The number of halogens is 2. The Morgan fingerprint density at radius 1 is 1.00 bits per heavy atom. The topological polar surface area (TPSA) is 129 Å². The summed E-state index contributed by atoms with van der Waals surface area (Å²) in [4.78, 5) is 19.4. The van der Waals surface area contributed by atoms with Crippen LogP contribution in [0.4, 0.5) is 28.7 Å². The Kier molecular flexibility index (Phi) is 7.49. The second-order valence-corrected chi connectivity index (χ2v) is 8.56. The van der Waals surface area contributed by atoms with Crippen LogP contribution in [-0.4, -0.2) is 14.9 Å². The van der Waals surface area contributed by atoms with Gasteiger partial charge < -0.3 is 5.32 Å². The van der Waals surface area contributed by atoms with E-state index >= 15 is 0 Å². The molecule has 36 heavy (non-hydrogen) atoms. The van der Waals surface area contributed by atoms with Crippen LogP contribution in [0.5, 0.6) is 0 Å². The highest BCUT2D eigenvalue weighted by molar-refractivity contribution is 6.32. The Morgan fingerprint density at radius 3 is 2.36 bits per heavy atom. The number of hydrogen-bond donors (Lipinski definition) is 3. The highest BCUT2D eigenvalue weighted by Crippen LogP contribution is 2.37. The molecule has 1 atom stereocenters. The predicted molar refractivity (Wildman–Crippen MR) is 141 cm³/mol. The summed E-state index contributed by atoms with van der Waals surface area (Å²) in [5.74, 6) is -0.654. The van der Waals surface area contributed by atoms with E-state index in [0.717, 1.165) is 5.56 Å². The molecule has 9 nitrogen and oxygen atoms in total. The molecule has 0 saturated heterocycles. The second kappa shape index (κ2) is 10.9. The summed E-state index contributed by atoms with van der Waals surface area (Å²) in [6.07, 6.45) is 1.21. The third kappa shape index (κ3) is 5.46. The van der Waals surface area contributed by atoms with Crippen molar-refractivity contribution in [3.63, 3.8) is 0 Å². The van der Waals surface area contributed by atoms with Crippen LogP contribution in [-0.2, 0) is 0 Å². The van der Waals surface area contributed by atoms with Crippen LogP contribution in [0.2, 0.25) is 10.0 Å². The van der Waals surface area contributed by atoms with Crippen LogP contribution in [0.15, 0.2) is 73.1 Å². The number of benzene rings is 3. The average molecular weight is 520 g/mol. The smallest absolute Gasteiger partial charge is 0.334 e. The van der Waals surface area contributed by atoms with E-state index in [0.29, 0.717) is 32.5 Å². The zero-order valence-corrected chi connectivity index (χ0v) is 20.4. The number of anilines is 4. The normalized spacial score (nSPS) is 11.3. The SMILES string of the molecule is Cc1cc(C(C#N)c2ccc(Cl)cc2)c(Cl)cc1Nc1ncnc(NNc2ccccc2)c1[N+](=O)[O-]. The quantitative estimate of drug-likeness (QED) is 0.170. The number of nitro groups is 1. The minimum atomic E-state index is -0.615. The molecule has 0 amide bonds. The third-order valence-corrected chi connectivity index (χ3v) is 5.92. The van der Waals surface area contributed by atoms with E-state index in [2.05, 4.69) is 32.2 Å². The van der Waals surface area contributed by atoms with E-state index in [1.807, 2.05) is 25.1 Å². The summed E-state index contributed by atoms with van der Waals surface area (Å²) in [6.45, 7) is 1.81. The molecule has 1 aromatic heterocycles. The number of nitriles is 1. The molecular weight excluding hydrogens is 501 g/mol. The van der Waals surface area contributed by atoms with Crippen molar-refractivity contribution < 1.29 is 4.92 Å². The van der Waals surface area contributed by atoms with Gasteiger partial charge in [-0.25, -0.2) is 9.97 Å². The van der Waals surface area contributed by atoms with Crippen molar-refractivity contribution in [3.8, 4) is 6.07 Å². The van der Waals surface area contributed by atoms with Crippen molar-refractivity contribution in [1.29, 1.82) is 5.26 Å². The molecule has 4 aromatic rings. The number of aromatic nitrogens is 2. The van der Waals surface area contributed by atoms with Crippen molar-refractivity contribution in [1.82, 2.24) is 9.97 Å². The first kappa shape index (κ1) is 24.7. The van der Waals surface area contributed by atoms with Crippen LogP contribution in [0.25, 0.3) is 0 Å². The molecule has 0 fully saturated rings. The lowest BCUT2D eigenvalue weighted by Crippen LogP contribution is -2.13. The molecule has 180 valence electrons. The van der Waals surface area contributed by atoms with E-state index in [1.165, 1.54) is 6.33 Å². The lowest BCUT2D eigenvalue weighted by Gasteiger charge is -2.17. The molecule has 0 bridgehead atoms. The van der Waals surface area contributed by atoms with Gasteiger partial charge in [0.15, 0.2) is 0 Å². The van der Waals surface area contributed by atoms with Gasteiger partial charge in [0, 0.05) is 15.7 Å². The molecule has 1 unspecified atom stereocenters. The van der Waals surface area contributed by atoms with E-state index < -0.39 is 10.8 Å². The fourth-order valence-corrected chi connectivity index (χ4v) is 3.95. The summed E-state index contributed by atoms with van der Waals surface area (Å²) in [7, 11) is 0. The molecule has 3 N–H and O–H groups in total. The first-order chi connectivity index (χ1) is 17.4. The molecule has 0 aliphatic carbocycles. The fourth-order valence-electron chi connectivity index (χ4n) is 3.55. The molecule has 0 radical (unpaired) electrons. The molecule has 0 aliphatic heterocycles. The minimum absolute atomic E-state index is 0.0194. The maximum absolute atomic E-state index is 11.9. The van der Waals surface area contributed by atoms with Gasteiger partial charge in [-0.2, -0.15) is 5.26 Å². The van der Waals surface area contributed by atoms with E-state index in [1.54, 1.807) is 48.5 Å². The summed E-state index contributed by atoms with van der Waals surface area (Å²) in [5.41, 5.74) is 8.56. The first-order valence-electron chi connectivity index (χ1n) is 10.7. The van der Waals surface area contributed by atoms with Gasteiger partial charge in [-0.15, -0.1) is 0 Å². The molecule has 0 spiro atoms.